The summed E-state index contributed by atoms with van der Waals surface area (Å²) in [4.78, 5) is 18.3. The third-order valence-corrected chi connectivity index (χ3v) is 4.99. The Morgan fingerprint density at radius 2 is 1.88 bits per heavy atom. The summed E-state index contributed by atoms with van der Waals surface area (Å²) in [7, 11) is 0. The number of fused-ring (bicyclic) bond motifs is 1. The first kappa shape index (κ1) is 16.8. The molecular weight excluding hydrogens is 330 g/mol. The Labute approximate surface area is 151 Å². The van der Waals surface area contributed by atoms with Crippen molar-refractivity contribution in [2.45, 2.75) is 13.0 Å². The van der Waals surface area contributed by atoms with Crippen LogP contribution in [-0.4, -0.2) is 51.7 Å². The van der Waals surface area contributed by atoms with Crippen LogP contribution in [0.4, 0.5) is 0 Å². The van der Waals surface area contributed by atoms with Gasteiger partial charge in [-0.05, 0) is 24.6 Å². The minimum atomic E-state index is -1.02. The van der Waals surface area contributed by atoms with Gasteiger partial charge in [-0.3, -0.25) is 9.30 Å². The number of aromatic carboxylic acids is 1. The molecule has 4 rings (SSSR count). The molecule has 0 amide bonds. The molecule has 1 N–H and O–H groups in total. The van der Waals surface area contributed by atoms with Crippen LogP contribution in [0.3, 0.4) is 0 Å². The summed E-state index contributed by atoms with van der Waals surface area (Å²) in [5, 5.41) is 9.55. The van der Waals surface area contributed by atoms with E-state index in [9.17, 15) is 9.90 Å². The van der Waals surface area contributed by atoms with Crippen LogP contribution >= 0.6 is 0 Å². The smallest absolute Gasteiger partial charge is 0.356 e. The van der Waals surface area contributed by atoms with E-state index < -0.39 is 5.97 Å². The number of imidazole rings is 1. The highest BCUT2D eigenvalue weighted by Gasteiger charge is 2.21. The molecule has 0 saturated carbocycles. The minimum Gasteiger partial charge on any atom is -0.476 e. The van der Waals surface area contributed by atoms with Gasteiger partial charge >= 0.3 is 5.97 Å². The summed E-state index contributed by atoms with van der Waals surface area (Å²) >= 11 is 0. The highest BCUT2D eigenvalue weighted by molar-refractivity contribution is 5.94. The Hall–Kier alpha value is -2.70. The number of aromatic nitrogens is 2. The quantitative estimate of drug-likeness (QED) is 0.782. The fourth-order valence-electron chi connectivity index (χ4n) is 3.52. The number of rotatable bonds is 4. The molecule has 1 aromatic carbocycles. The zero-order valence-corrected chi connectivity index (χ0v) is 14.6. The van der Waals surface area contributed by atoms with Gasteiger partial charge < -0.3 is 9.84 Å². The molecule has 1 unspecified atom stereocenters. The molecule has 6 heteroatoms. The van der Waals surface area contributed by atoms with Crippen molar-refractivity contribution >= 4 is 11.6 Å². The first-order valence-electron chi connectivity index (χ1n) is 8.77. The Morgan fingerprint density at radius 1 is 1.15 bits per heavy atom. The summed E-state index contributed by atoms with van der Waals surface area (Å²) in [5.41, 5.74) is 3.37. The number of carboxylic acids is 1. The summed E-state index contributed by atoms with van der Waals surface area (Å²) in [5.74, 6) is -1.02. The third kappa shape index (κ3) is 2.98. The SMILES string of the molecule is CC(c1ccc(-c2c(C(=O)O)nc3ccccn23)cc1)N1CCOCC1. The zero-order valence-electron chi connectivity index (χ0n) is 14.6. The molecule has 0 radical (unpaired) electrons. The van der Waals surface area contributed by atoms with E-state index in [4.69, 9.17) is 4.74 Å². The van der Waals surface area contributed by atoms with Gasteiger partial charge in [-0.2, -0.15) is 0 Å². The van der Waals surface area contributed by atoms with Crippen molar-refractivity contribution < 1.29 is 14.6 Å². The number of benzene rings is 1. The third-order valence-electron chi connectivity index (χ3n) is 4.99. The van der Waals surface area contributed by atoms with Crippen LogP contribution in [-0.2, 0) is 4.74 Å². The van der Waals surface area contributed by atoms with Crippen LogP contribution in [0.1, 0.15) is 29.0 Å². The average molecular weight is 351 g/mol. The van der Waals surface area contributed by atoms with E-state index in [2.05, 4.69) is 28.9 Å². The molecule has 1 aliphatic heterocycles. The first-order valence-corrected chi connectivity index (χ1v) is 8.77. The molecule has 1 atom stereocenters. The second-order valence-corrected chi connectivity index (χ2v) is 6.49. The lowest BCUT2D eigenvalue weighted by Gasteiger charge is -2.32. The largest absolute Gasteiger partial charge is 0.476 e. The van der Waals surface area contributed by atoms with Crippen molar-refractivity contribution in [3.8, 4) is 11.3 Å². The summed E-state index contributed by atoms with van der Waals surface area (Å²) in [6.45, 7) is 5.59. The van der Waals surface area contributed by atoms with Crippen LogP contribution < -0.4 is 0 Å². The maximum absolute atomic E-state index is 11.7. The van der Waals surface area contributed by atoms with Gasteiger partial charge in [0.05, 0.1) is 18.9 Å². The molecule has 1 saturated heterocycles. The van der Waals surface area contributed by atoms with E-state index in [1.807, 2.05) is 40.9 Å². The predicted molar refractivity (Wildman–Crippen MR) is 98.4 cm³/mol. The summed E-state index contributed by atoms with van der Waals surface area (Å²) in [6, 6.07) is 13.9. The topological polar surface area (TPSA) is 67.1 Å². The van der Waals surface area contributed by atoms with Gasteiger partial charge in [0.15, 0.2) is 5.69 Å². The highest BCUT2D eigenvalue weighted by Crippen LogP contribution is 2.28. The van der Waals surface area contributed by atoms with Gasteiger partial charge in [0.2, 0.25) is 0 Å². The number of hydrogen-bond acceptors (Lipinski definition) is 4. The lowest BCUT2D eigenvalue weighted by atomic mass is 10.0. The van der Waals surface area contributed by atoms with Crippen LogP contribution in [0.25, 0.3) is 16.9 Å². The molecule has 1 fully saturated rings. The fraction of sp³-hybridized carbons (Fsp3) is 0.300. The maximum atomic E-state index is 11.7. The van der Waals surface area contributed by atoms with E-state index in [-0.39, 0.29) is 5.69 Å². The maximum Gasteiger partial charge on any atom is 0.356 e. The van der Waals surface area contributed by atoms with Crippen LogP contribution in [0.5, 0.6) is 0 Å². The van der Waals surface area contributed by atoms with Crippen molar-refractivity contribution in [2.24, 2.45) is 0 Å². The van der Waals surface area contributed by atoms with Gasteiger partial charge in [0, 0.05) is 30.9 Å². The molecule has 1 aliphatic rings. The van der Waals surface area contributed by atoms with E-state index in [0.717, 1.165) is 31.9 Å². The van der Waals surface area contributed by atoms with Gasteiger partial charge in [-0.25, -0.2) is 9.78 Å². The number of carbonyl (C=O) groups is 1. The van der Waals surface area contributed by atoms with Crippen molar-refractivity contribution in [3.05, 3.63) is 59.9 Å². The number of nitrogens with zero attached hydrogens (tertiary/aromatic N) is 3. The Bertz CT molecular complexity index is 927. The molecule has 134 valence electrons. The Kier molecular flexibility index (Phi) is 4.44. The lowest BCUT2D eigenvalue weighted by Crippen LogP contribution is -2.37. The molecular formula is C20H21N3O3. The van der Waals surface area contributed by atoms with Crippen LogP contribution in [0.2, 0.25) is 0 Å². The van der Waals surface area contributed by atoms with Crippen molar-refractivity contribution in [1.29, 1.82) is 0 Å². The molecule has 3 aromatic rings. The van der Waals surface area contributed by atoms with Gasteiger partial charge in [-0.15, -0.1) is 0 Å². The van der Waals surface area contributed by atoms with E-state index in [1.165, 1.54) is 5.56 Å². The minimum absolute atomic E-state index is 0.0742. The zero-order chi connectivity index (χ0) is 18.1. The van der Waals surface area contributed by atoms with Crippen molar-refractivity contribution in [3.63, 3.8) is 0 Å². The van der Waals surface area contributed by atoms with Gasteiger partial charge in [0.25, 0.3) is 0 Å². The number of ether oxygens (including phenoxy) is 1. The number of morpholine rings is 1. The molecule has 2 aromatic heterocycles. The fourth-order valence-corrected chi connectivity index (χ4v) is 3.52. The number of hydrogen-bond donors (Lipinski definition) is 1. The second-order valence-electron chi connectivity index (χ2n) is 6.49. The molecule has 3 heterocycles. The van der Waals surface area contributed by atoms with E-state index in [1.54, 1.807) is 0 Å². The lowest BCUT2D eigenvalue weighted by molar-refractivity contribution is 0.0198. The molecule has 0 spiro atoms. The van der Waals surface area contributed by atoms with E-state index in [0.29, 0.717) is 17.4 Å². The standard InChI is InChI=1S/C20H21N3O3/c1-14(22-10-12-26-13-11-22)15-5-7-16(8-6-15)19-18(20(24)25)21-17-4-2-3-9-23(17)19/h2-9,14H,10-13H2,1H3,(H,24,25). The van der Waals surface area contributed by atoms with Gasteiger partial charge in [-0.1, -0.05) is 30.3 Å². The van der Waals surface area contributed by atoms with Crippen LogP contribution in [0, 0.1) is 0 Å². The van der Waals surface area contributed by atoms with Crippen LogP contribution in [0.15, 0.2) is 48.7 Å². The average Bonchev–Trinajstić information content (AvgIpc) is 3.08. The predicted octanol–water partition coefficient (Wildman–Crippen LogP) is 3.09. The molecule has 6 nitrogen and oxygen atoms in total. The molecule has 0 aliphatic carbocycles. The Balaban J connectivity index is 1.70. The molecule has 0 bridgehead atoms. The normalized spacial score (nSPS) is 16.7. The highest BCUT2D eigenvalue weighted by atomic mass is 16.5. The van der Waals surface area contributed by atoms with E-state index >= 15 is 0 Å². The monoisotopic (exact) mass is 351 g/mol. The van der Waals surface area contributed by atoms with Crippen molar-refractivity contribution in [2.75, 3.05) is 26.3 Å². The second kappa shape index (κ2) is 6.90. The first-order chi connectivity index (χ1) is 12.6. The molecule has 26 heavy (non-hydrogen) atoms. The number of carboxylic acid groups (broad SMARTS) is 1. The van der Waals surface area contributed by atoms with Crippen molar-refractivity contribution in [1.82, 2.24) is 14.3 Å². The number of pyridine rings is 1. The summed E-state index contributed by atoms with van der Waals surface area (Å²) < 4.78 is 7.25. The van der Waals surface area contributed by atoms with Gasteiger partial charge in [0.1, 0.15) is 5.65 Å². The summed E-state index contributed by atoms with van der Waals surface area (Å²) in [6.07, 6.45) is 1.84. The Morgan fingerprint density at radius 3 is 2.58 bits per heavy atom.